The van der Waals surface area contributed by atoms with Crippen molar-refractivity contribution < 1.29 is 9.84 Å². The van der Waals surface area contributed by atoms with E-state index in [2.05, 4.69) is 10.3 Å². The number of aryl methyl sites for hydroxylation is 1. The molecule has 1 aromatic carbocycles. The third-order valence-corrected chi connectivity index (χ3v) is 5.29. The van der Waals surface area contributed by atoms with Gasteiger partial charge in [0.2, 0.25) is 0 Å². The smallest absolute Gasteiger partial charge is 0.0915 e. The number of nitrogens with zero attached hydrogens (tertiary/aromatic N) is 1. The van der Waals surface area contributed by atoms with Crippen molar-refractivity contribution in [2.75, 3.05) is 32.0 Å². The van der Waals surface area contributed by atoms with Crippen molar-refractivity contribution in [3.8, 4) is 0 Å². The molecule has 4 N–H and O–H groups in total. The standard InChI is InChI=1S/C22H31Cl2N3O2/c1-16-7-6-8-18(27-16)9-12-29-11-5-3-2-4-10-26-15-21(28)17-13-19(23)22(25)20(24)14-17/h6-8,13-14,21,26,28H,2-5,9-12,15,25H2,1H3. The van der Waals surface area contributed by atoms with E-state index in [4.69, 9.17) is 33.7 Å². The molecule has 160 valence electrons. The molecule has 0 saturated heterocycles. The topological polar surface area (TPSA) is 80.4 Å². The van der Waals surface area contributed by atoms with Crippen LogP contribution < -0.4 is 11.1 Å². The summed E-state index contributed by atoms with van der Waals surface area (Å²) in [5.74, 6) is 0. The van der Waals surface area contributed by atoms with Crippen LogP contribution in [0, 0.1) is 6.92 Å². The summed E-state index contributed by atoms with van der Waals surface area (Å²) in [6, 6.07) is 9.39. The fraction of sp³-hybridized carbons (Fsp3) is 0.500. The number of hydrogen-bond donors (Lipinski definition) is 3. The lowest BCUT2D eigenvalue weighted by molar-refractivity contribution is 0.132. The first-order chi connectivity index (χ1) is 14.0. The fourth-order valence-electron chi connectivity index (χ4n) is 2.98. The summed E-state index contributed by atoms with van der Waals surface area (Å²) in [5, 5.41) is 14.2. The summed E-state index contributed by atoms with van der Waals surface area (Å²) in [7, 11) is 0. The molecule has 0 spiro atoms. The summed E-state index contributed by atoms with van der Waals surface area (Å²) in [6.07, 6.45) is 4.58. The Morgan fingerprint density at radius 3 is 2.55 bits per heavy atom. The average molecular weight is 440 g/mol. The summed E-state index contributed by atoms with van der Waals surface area (Å²) >= 11 is 12.0. The molecular formula is C22H31Cl2N3O2. The molecule has 1 atom stereocenters. The number of nitrogens with two attached hydrogens (primary N) is 1. The highest BCUT2D eigenvalue weighted by molar-refractivity contribution is 6.38. The largest absolute Gasteiger partial charge is 0.396 e. The molecule has 2 aromatic rings. The Morgan fingerprint density at radius 2 is 1.83 bits per heavy atom. The van der Waals surface area contributed by atoms with E-state index in [0.29, 0.717) is 27.8 Å². The van der Waals surface area contributed by atoms with Gasteiger partial charge in [-0.3, -0.25) is 4.98 Å². The van der Waals surface area contributed by atoms with Crippen molar-refractivity contribution in [3.05, 3.63) is 57.3 Å². The van der Waals surface area contributed by atoms with Crippen molar-refractivity contribution in [3.63, 3.8) is 0 Å². The number of halogens is 2. The number of nitrogen functional groups attached to an aromatic ring is 1. The van der Waals surface area contributed by atoms with Crippen molar-refractivity contribution in [2.45, 2.75) is 45.1 Å². The number of anilines is 1. The molecular weight excluding hydrogens is 409 g/mol. The number of aromatic nitrogens is 1. The van der Waals surface area contributed by atoms with Gasteiger partial charge in [0.15, 0.2) is 0 Å². The molecule has 0 bridgehead atoms. The maximum Gasteiger partial charge on any atom is 0.0915 e. The van der Waals surface area contributed by atoms with E-state index in [1.54, 1.807) is 12.1 Å². The monoisotopic (exact) mass is 439 g/mol. The predicted molar refractivity (Wildman–Crippen MR) is 121 cm³/mol. The number of benzene rings is 1. The zero-order chi connectivity index (χ0) is 21.1. The lowest BCUT2D eigenvalue weighted by Crippen LogP contribution is -2.22. The highest BCUT2D eigenvalue weighted by Crippen LogP contribution is 2.31. The highest BCUT2D eigenvalue weighted by Gasteiger charge is 2.11. The number of ether oxygens (including phenoxy) is 1. The first kappa shape index (κ1) is 23.9. The van der Waals surface area contributed by atoms with Crippen LogP contribution in [0.1, 0.15) is 48.7 Å². The number of rotatable bonds is 13. The summed E-state index contributed by atoms with van der Waals surface area (Å²) in [6.45, 7) is 4.81. The molecule has 1 heterocycles. The Hall–Kier alpha value is -1.37. The number of pyridine rings is 1. The second kappa shape index (κ2) is 13.0. The Balaban J connectivity index is 1.46. The molecule has 0 aliphatic carbocycles. The van der Waals surface area contributed by atoms with Gasteiger partial charge in [-0.05, 0) is 56.1 Å². The molecule has 1 aromatic heterocycles. The maximum absolute atomic E-state index is 10.2. The minimum atomic E-state index is -0.665. The van der Waals surface area contributed by atoms with Gasteiger partial charge < -0.3 is 20.9 Å². The van der Waals surface area contributed by atoms with Crippen molar-refractivity contribution in [2.24, 2.45) is 0 Å². The van der Waals surface area contributed by atoms with Crippen LogP contribution >= 0.6 is 23.2 Å². The summed E-state index contributed by atoms with van der Waals surface area (Å²) in [4.78, 5) is 4.47. The molecule has 29 heavy (non-hydrogen) atoms. The normalized spacial score (nSPS) is 12.3. The van der Waals surface area contributed by atoms with Gasteiger partial charge in [-0.25, -0.2) is 0 Å². The van der Waals surface area contributed by atoms with Crippen molar-refractivity contribution in [1.82, 2.24) is 10.3 Å². The molecule has 7 heteroatoms. The van der Waals surface area contributed by atoms with Crippen LogP contribution in [0.5, 0.6) is 0 Å². The summed E-state index contributed by atoms with van der Waals surface area (Å²) < 4.78 is 5.69. The number of aliphatic hydroxyl groups excluding tert-OH is 1. The number of aliphatic hydroxyl groups is 1. The Bertz CT molecular complexity index is 736. The Kier molecular flexibility index (Phi) is 10.7. The Labute approximate surface area is 183 Å². The Morgan fingerprint density at radius 1 is 1.10 bits per heavy atom. The van der Waals surface area contributed by atoms with Gasteiger partial charge in [-0.2, -0.15) is 0 Å². The van der Waals surface area contributed by atoms with E-state index in [1.165, 1.54) is 0 Å². The second-order valence-corrected chi connectivity index (χ2v) is 7.98. The van der Waals surface area contributed by atoms with Gasteiger partial charge in [-0.1, -0.05) is 42.1 Å². The van der Waals surface area contributed by atoms with E-state index in [-0.39, 0.29) is 0 Å². The van der Waals surface area contributed by atoms with Gasteiger partial charge in [-0.15, -0.1) is 0 Å². The molecule has 2 rings (SSSR count). The van der Waals surface area contributed by atoms with Crippen LogP contribution in [0.3, 0.4) is 0 Å². The van der Waals surface area contributed by atoms with Gasteiger partial charge in [0.25, 0.3) is 0 Å². The van der Waals surface area contributed by atoms with Crippen LogP contribution in [-0.2, 0) is 11.2 Å². The fourth-order valence-corrected chi connectivity index (χ4v) is 3.48. The van der Waals surface area contributed by atoms with E-state index in [9.17, 15) is 5.11 Å². The summed E-state index contributed by atoms with van der Waals surface area (Å²) in [5.41, 5.74) is 8.85. The lowest BCUT2D eigenvalue weighted by Gasteiger charge is -2.14. The van der Waals surface area contributed by atoms with Gasteiger partial charge in [0.1, 0.15) is 0 Å². The zero-order valence-electron chi connectivity index (χ0n) is 17.0. The minimum Gasteiger partial charge on any atom is -0.396 e. The lowest BCUT2D eigenvalue weighted by atomic mass is 10.1. The number of nitrogens with one attached hydrogen (secondary N) is 1. The number of unbranched alkanes of at least 4 members (excludes halogenated alkanes) is 3. The molecule has 0 aliphatic heterocycles. The van der Waals surface area contributed by atoms with E-state index < -0.39 is 6.10 Å². The molecule has 5 nitrogen and oxygen atoms in total. The van der Waals surface area contributed by atoms with Gasteiger partial charge in [0.05, 0.1) is 28.4 Å². The van der Waals surface area contributed by atoms with Crippen LogP contribution in [0.25, 0.3) is 0 Å². The second-order valence-electron chi connectivity index (χ2n) is 7.17. The maximum atomic E-state index is 10.2. The molecule has 0 fully saturated rings. The van der Waals surface area contributed by atoms with Gasteiger partial charge >= 0.3 is 0 Å². The molecule has 0 saturated carbocycles. The van der Waals surface area contributed by atoms with Crippen LogP contribution in [0.2, 0.25) is 10.0 Å². The van der Waals surface area contributed by atoms with E-state index >= 15 is 0 Å². The van der Waals surface area contributed by atoms with Crippen LogP contribution in [0.4, 0.5) is 5.69 Å². The molecule has 0 radical (unpaired) electrons. The molecule has 0 aliphatic rings. The third-order valence-electron chi connectivity index (χ3n) is 4.66. The van der Waals surface area contributed by atoms with Crippen molar-refractivity contribution in [1.29, 1.82) is 0 Å². The SMILES string of the molecule is Cc1cccc(CCOCCCCCCNCC(O)c2cc(Cl)c(N)c(Cl)c2)n1. The molecule has 1 unspecified atom stereocenters. The number of hydrogen-bond acceptors (Lipinski definition) is 5. The molecule has 0 amide bonds. The first-order valence-corrected chi connectivity index (χ1v) is 10.9. The predicted octanol–water partition coefficient (Wildman–Crippen LogP) is 4.72. The quantitative estimate of drug-likeness (QED) is 0.310. The van der Waals surface area contributed by atoms with E-state index in [0.717, 1.165) is 63.3 Å². The average Bonchev–Trinajstić information content (AvgIpc) is 2.69. The highest BCUT2D eigenvalue weighted by atomic mass is 35.5. The van der Waals surface area contributed by atoms with Crippen LogP contribution in [0.15, 0.2) is 30.3 Å². The van der Waals surface area contributed by atoms with Crippen molar-refractivity contribution >= 4 is 28.9 Å². The van der Waals surface area contributed by atoms with E-state index in [1.807, 2.05) is 25.1 Å². The van der Waals surface area contributed by atoms with Crippen LogP contribution in [-0.4, -0.2) is 36.4 Å². The minimum absolute atomic E-state index is 0.341. The van der Waals surface area contributed by atoms with Gasteiger partial charge in [0, 0.05) is 31.0 Å². The zero-order valence-corrected chi connectivity index (χ0v) is 18.5. The first-order valence-electron chi connectivity index (χ1n) is 10.1. The third kappa shape index (κ3) is 8.89.